The summed E-state index contributed by atoms with van der Waals surface area (Å²) < 4.78 is 38.3. The summed E-state index contributed by atoms with van der Waals surface area (Å²) in [4.78, 5) is 18.4. The molecule has 47 heavy (non-hydrogen) atoms. The fourth-order valence-corrected chi connectivity index (χ4v) is 8.40. The van der Waals surface area contributed by atoms with Gasteiger partial charge in [-0.15, -0.1) is 6.42 Å². The van der Waals surface area contributed by atoms with Crippen molar-refractivity contribution in [3.8, 4) is 35.4 Å². The number of nitrogens with one attached hydrogen (secondary N) is 1. The van der Waals surface area contributed by atoms with Crippen molar-refractivity contribution in [2.45, 2.75) is 49.6 Å². The summed E-state index contributed by atoms with van der Waals surface area (Å²) in [5.74, 6) is 2.54. The van der Waals surface area contributed by atoms with E-state index in [0.29, 0.717) is 77.8 Å². The molecule has 8 nitrogen and oxygen atoms in total. The molecular formula is C37H32F2N6O2. The number of anilines is 1. The Bertz CT molecular complexity index is 2120. The van der Waals surface area contributed by atoms with Gasteiger partial charge in [0.25, 0.3) is 0 Å². The van der Waals surface area contributed by atoms with E-state index in [-0.39, 0.29) is 29.6 Å². The van der Waals surface area contributed by atoms with Gasteiger partial charge in [-0.05, 0) is 47.6 Å². The van der Waals surface area contributed by atoms with Crippen LogP contribution in [0.3, 0.4) is 0 Å². The summed E-state index contributed by atoms with van der Waals surface area (Å²) in [6.45, 7) is 2.52. The van der Waals surface area contributed by atoms with Crippen LogP contribution in [0.2, 0.25) is 0 Å². The lowest BCUT2D eigenvalue weighted by atomic mass is 9.88. The maximum atomic E-state index is 16.9. The highest BCUT2D eigenvalue weighted by Gasteiger charge is 2.52. The summed E-state index contributed by atoms with van der Waals surface area (Å²) >= 11 is 0. The Morgan fingerprint density at radius 1 is 1.06 bits per heavy atom. The molecule has 236 valence electrons. The Balaban J connectivity index is 1.19. The number of nitrogens with zero attached hydrogens (tertiary/aromatic N) is 5. The van der Waals surface area contributed by atoms with Crippen molar-refractivity contribution in [1.29, 1.82) is 0 Å². The standard InChI is InChI=1S/C37H32F2N6O2/c1-2-21-7-5-8-22-12-27(46)13-28(31(21)22)33-32(39)34-29(15-40-33)35(44-18-25-10-11-26(19-44)41-25)43-36(42-34)47-20-37-14-24(38)17-45(37)16-23-6-3-4-9-30(23)37/h1,3-9,12-13,15,24-26,41,46H,10-11,14,16-20H2/t24-,25-,26+,37+/m1/s1. The fraction of sp³-hybridized carbons (Fsp3) is 0.324. The molecule has 10 heteroatoms. The second kappa shape index (κ2) is 10.6. The molecule has 6 heterocycles. The first kappa shape index (κ1) is 28.4. The van der Waals surface area contributed by atoms with E-state index in [4.69, 9.17) is 16.1 Å². The first-order valence-electron chi connectivity index (χ1n) is 16.1. The van der Waals surface area contributed by atoms with Crippen molar-refractivity contribution < 1.29 is 18.6 Å². The van der Waals surface area contributed by atoms with Gasteiger partial charge in [-0.3, -0.25) is 9.88 Å². The number of halogens is 2. The van der Waals surface area contributed by atoms with Gasteiger partial charge in [0.05, 0.1) is 10.9 Å². The van der Waals surface area contributed by atoms with E-state index < -0.39 is 17.5 Å². The van der Waals surface area contributed by atoms with E-state index in [2.05, 4.69) is 37.1 Å². The lowest BCUT2D eigenvalue weighted by Gasteiger charge is -2.34. The number of hydrogen-bond acceptors (Lipinski definition) is 8. The molecule has 9 rings (SSSR count). The van der Waals surface area contributed by atoms with Crippen molar-refractivity contribution in [2.75, 3.05) is 31.1 Å². The van der Waals surface area contributed by atoms with Gasteiger partial charge in [-0.1, -0.05) is 42.3 Å². The van der Waals surface area contributed by atoms with Gasteiger partial charge in [-0.25, -0.2) is 8.78 Å². The second-order valence-corrected chi connectivity index (χ2v) is 13.3. The average molecular weight is 631 g/mol. The van der Waals surface area contributed by atoms with Crippen molar-refractivity contribution in [3.63, 3.8) is 0 Å². The molecule has 2 aromatic heterocycles. The highest BCUT2D eigenvalue weighted by Crippen LogP contribution is 2.48. The molecule has 4 aliphatic rings. The summed E-state index contributed by atoms with van der Waals surface area (Å²) in [5, 5.41) is 16.0. The zero-order valence-corrected chi connectivity index (χ0v) is 25.6. The normalized spacial score (nSPS) is 24.9. The molecular weight excluding hydrogens is 598 g/mol. The summed E-state index contributed by atoms with van der Waals surface area (Å²) in [7, 11) is 0. The number of ether oxygens (including phenoxy) is 1. The predicted octanol–water partition coefficient (Wildman–Crippen LogP) is 5.44. The number of rotatable bonds is 5. The molecule has 0 aliphatic carbocycles. The molecule has 4 atom stereocenters. The Labute approximate surface area is 270 Å². The van der Waals surface area contributed by atoms with Crippen LogP contribution in [0.25, 0.3) is 32.9 Å². The van der Waals surface area contributed by atoms with Gasteiger partial charge in [0.1, 0.15) is 35.6 Å². The number of aromatic hydroxyl groups is 1. The quantitative estimate of drug-likeness (QED) is 0.248. The number of piperazine rings is 1. The maximum absolute atomic E-state index is 16.9. The number of benzene rings is 3. The zero-order chi connectivity index (χ0) is 31.9. The molecule has 3 aromatic carbocycles. The van der Waals surface area contributed by atoms with Crippen molar-refractivity contribution >= 4 is 27.5 Å². The molecule has 0 amide bonds. The summed E-state index contributed by atoms with van der Waals surface area (Å²) in [6, 6.07) is 17.2. The van der Waals surface area contributed by atoms with Crippen molar-refractivity contribution in [3.05, 3.63) is 83.3 Å². The summed E-state index contributed by atoms with van der Waals surface area (Å²) in [5.41, 5.74) is 2.56. The van der Waals surface area contributed by atoms with Gasteiger partial charge >= 0.3 is 6.01 Å². The molecule has 0 spiro atoms. The van der Waals surface area contributed by atoms with E-state index in [1.54, 1.807) is 24.4 Å². The number of fused-ring (bicyclic) bond motifs is 7. The molecule has 0 radical (unpaired) electrons. The van der Waals surface area contributed by atoms with E-state index in [1.165, 1.54) is 6.07 Å². The summed E-state index contributed by atoms with van der Waals surface area (Å²) in [6.07, 6.45) is 8.89. The zero-order valence-electron chi connectivity index (χ0n) is 25.6. The number of alkyl halides is 1. The number of phenols is 1. The van der Waals surface area contributed by atoms with Gasteiger partial charge in [0.15, 0.2) is 5.82 Å². The van der Waals surface area contributed by atoms with Crippen LogP contribution in [0.1, 0.15) is 36.0 Å². The molecule has 5 aromatic rings. The molecule has 3 fully saturated rings. The van der Waals surface area contributed by atoms with E-state index in [0.717, 1.165) is 24.0 Å². The third-order valence-electron chi connectivity index (χ3n) is 10.4. The molecule has 3 saturated heterocycles. The van der Waals surface area contributed by atoms with Crippen LogP contribution in [-0.2, 0) is 12.1 Å². The second-order valence-electron chi connectivity index (χ2n) is 13.3. The number of hydrogen-bond donors (Lipinski definition) is 2. The van der Waals surface area contributed by atoms with Crippen molar-refractivity contribution in [2.24, 2.45) is 0 Å². The smallest absolute Gasteiger partial charge is 0.319 e. The lowest BCUT2D eigenvalue weighted by molar-refractivity contribution is 0.0826. The lowest BCUT2D eigenvalue weighted by Crippen LogP contribution is -2.51. The SMILES string of the molecule is C#Cc1cccc2cc(O)cc(-c3ncc4c(N5C[C@H]6CC[C@@H](C5)N6)nc(OC[C@]56C[C@@H](F)CN5Cc5ccccc56)nc4c3F)c12. The molecule has 0 unspecified atom stereocenters. The fourth-order valence-electron chi connectivity index (χ4n) is 8.40. The van der Waals surface area contributed by atoms with Crippen LogP contribution in [-0.4, -0.2) is 69.5 Å². The minimum absolute atomic E-state index is 0.0163. The van der Waals surface area contributed by atoms with E-state index in [9.17, 15) is 9.50 Å². The molecule has 4 aliphatic heterocycles. The van der Waals surface area contributed by atoms with E-state index >= 15 is 4.39 Å². The van der Waals surface area contributed by atoms with Crippen LogP contribution in [0.5, 0.6) is 11.8 Å². The first-order valence-corrected chi connectivity index (χ1v) is 16.1. The minimum atomic E-state index is -0.979. The van der Waals surface area contributed by atoms with Crippen LogP contribution in [0.15, 0.2) is 60.8 Å². The number of pyridine rings is 1. The third kappa shape index (κ3) is 4.44. The van der Waals surface area contributed by atoms with Gasteiger partial charge < -0.3 is 20.1 Å². The van der Waals surface area contributed by atoms with Crippen LogP contribution >= 0.6 is 0 Å². The predicted molar refractivity (Wildman–Crippen MR) is 176 cm³/mol. The largest absolute Gasteiger partial charge is 0.508 e. The number of aromatic nitrogens is 3. The Kier molecular flexibility index (Phi) is 6.39. The van der Waals surface area contributed by atoms with Gasteiger partial charge in [-0.2, -0.15) is 9.97 Å². The average Bonchev–Trinajstić information content (AvgIpc) is 3.69. The number of phenolic OH excluding ortho intramolecular Hbond substituents is 1. The van der Waals surface area contributed by atoms with Crippen LogP contribution in [0, 0.1) is 18.2 Å². The molecule has 2 bridgehead atoms. The molecule has 0 saturated carbocycles. The van der Waals surface area contributed by atoms with Crippen molar-refractivity contribution in [1.82, 2.24) is 25.2 Å². The highest BCUT2D eigenvalue weighted by molar-refractivity contribution is 6.02. The van der Waals surface area contributed by atoms with Gasteiger partial charge in [0, 0.05) is 67.4 Å². The third-order valence-corrected chi connectivity index (χ3v) is 10.4. The van der Waals surface area contributed by atoms with Gasteiger partial charge in [0.2, 0.25) is 0 Å². The topological polar surface area (TPSA) is 86.6 Å². The van der Waals surface area contributed by atoms with Crippen LogP contribution in [0.4, 0.5) is 14.6 Å². The maximum Gasteiger partial charge on any atom is 0.319 e. The Morgan fingerprint density at radius 2 is 1.89 bits per heavy atom. The monoisotopic (exact) mass is 630 g/mol. The number of terminal acetylenes is 1. The Morgan fingerprint density at radius 3 is 2.72 bits per heavy atom. The van der Waals surface area contributed by atoms with E-state index in [1.807, 2.05) is 24.3 Å². The molecule has 2 N–H and O–H groups in total. The minimum Gasteiger partial charge on any atom is -0.508 e. The first-order chi connectivity index (χ1) is 22.9. The Hall–Kier alpha value is -4.85. The van der Waals surface area contributed by atoms with Crippen LogP contribution < -0.4 is 15.0 Å². The highest BCUT2D eigenvalue weighted by atomic mass is 19.1.